The second-order valence-corrected chi connectivity index (χ2v) is 7.68. The van der Waals surface area contributed by atoms with Crippen LogP contribution in [-0.2, 0) is 14.6 Å². The zero-order valence-corrected chi connectivity index (χ0v) is 10.8. The molecule has 0 aliphatic carbocycles. The van der Waals surface area contributed by atoms with Crippen LogP contribution in [0.1, 0.15) is 39.5 Å². The predicted molar refractivity (Wildman–Crippen MR) is 63.0 cm³/mol. The van der Waals surface area contributed by atoms with Gasteiger partial charge in [0.05, 0.1) is 17.6 Å². The minimum Gasteiger partial charge on any atom is -0.359 e. The summed E-state index contributed by atoms with van der Waals surface area (Å²) in [4.78, 5) is 0. The van der Waals surface area contributed by atoms with Crippen molar-refractivity contribution in [3.8, 4) is 0 Å². The summed E-state index contributed by atoms with van der Waals surface area (Å²) in [6.07, 6.45) is 3.22. The van der Waals surface area contributed by atoms with Gasteiger partial charge < -0.3 is 4.74 Å². The number of ether oxygens (including phenoxy) is 1. The normalized spacial score (nSPS) is 43.4. The Hall–Kier alpha value is -0.130. The smallest absolute Gasteiger partial charge is 0.153 e. The Kier molecular flexibility index (Phi) is 3.29. The van der Waals surface area contributed by atoms with Gasteiger partial charge in [-0.15, -0.1) is 0 Å². The molecule has 1 N–H and O–H groups in total. The predicted octanol–water partition coefficient (Wildman–Crippen LogP) is 1.07. The molecule has 2 aliphatic heterocycles. The van der Waals surface area contributed by atoms with Gasteiger partial charge in [-0.05, 0) is 26.7 Å². The molecule has 0 amide bonds. The van der Waals surface area contributed by atoms with Crippen LogP contribution in [0.5, 0.6) is 0 Å². The van der Waals surface area contributed by atoms with E-state index in [1.54, 1.807) is 0 Å². The van der Waals surface area contributed by atoms with Crippen LogP contribution in [-0.4, -0.2) is 37.8 Å². The largest absolute Gasteiger partial charge is 0.359 e. The summed E-state index contributed by atoms with van der Waals surface area (Å²) < 4.78 is 29.5. The van der Waals surface area contributed by atoms with Gasteiger partial charge >= 0.3 is 0 Å². The lowest BCUT2D eigenvalue weighted by molar-refractivity contribution is -0.00202. The molecule has 0 aromatic carbocycles. The maximum Gasteiger partial charge on any atom is 0.153 e. The van der Waals surface area contributed by atoms with Gasteiger partial charge in [0.25, 0.3) is 0 Å². The molecule has 16 heavy (non-hydrogen) atoms. The molecular weight excluding hydrogens is 226 g/mol. The molecule has 0 aromatic rings. The van der Waals surface area contributed by atoms with Gasteiger partial charge in [-0.3, -0.25) is 5.32 Å². The fraction of sp³-hybridized carbons (Fsp3) is 1.00. The molecule has 0 spiro atoms. The van der Waals surface area contributed by atoms with E-state index < -0.39 is 15.6 Å². The molecule has 0 aromatic heterocycles. The average molecular weight is 247 g/mol. The van der Waals surface area contributed by atoms with E-state index in [1.807, 2.05) is 6.92 Å². The second kappa shape index (κ2) is 4.27. The van der Waals surface area contributed by atoms with Crippen molar-refractivity contribution in [1.82, 2.24) is 5.32 Å². The lowest BCUT2D eigenvalue weighted by Crippen LogP contribution is -2.45. The van der Waals surface area contributed by atoms with E-state index in [9.17, 15) is 8.42 Å². The molecule has 2 saturated heterocycles. The van der Waals surface area contributed by atoms with Crippen LogP contribution in [0, 0.1) is 0 Å². The highest BCUT2D eigenvalue weighted by molar-refractivity contribution is 7.92. The van der Waals surface area contributed by atoms with Crippen molar-refractivity contribution in [3.05, 3.63) is 0 Å². The van der Waals surface area contributed by atoms with E-state index in [-0.39, 0.29) is 5.25 Å². The Labute approximate surface area is 97.7 Å². The minimum absolute atomic E-state index is 0.218. The SMILES string of the molecule is CC1COC(C)(CC2CCCCS2(=O)=O)N1. The van der Waals surface area contributed by atoms with Crippen LogP contribution >= 0.6 is 0 Å². The topological polar surface area (TPSA) is 55.4 Å². The molecule has 0 radical (unpaired) electrons. The molecule has 2 rings (SSSR count). The second-order valence-electron chi connectivity index (χ2n) is 5.28. The van der Waals surface area contributed by atoms with E-state index in [0.717, 1.165) is 19.3 Å². The first-order valence-electron chi connectivity index (χ1n) is 6.04. The number of hydrogen-bond donors (Lipinski definition) is 1. The number of sulfone groups is 1. The standard InChI is InChI=1S/C11H21NO3S/c1-9-8-15-11(2,12-9)7-10-5-3-4-6-16(10,13)14/h9-10,12H,3-8H2,1-2H3. The third kappa shape index (κ3) is 2.57. The summed E-state index contributed by atoms with van der Waals surface area (Å²) in [5.74, 6) is 0.350. The van der Waals surface area contributed by atoms with Crippen molar-refractivity contribution in [2.75, 3.05) is 12.4 Å². The van der Waals surface area contributed by atoms with Gasteiger partial charge in [0, 0.05) is 12.5 Å². The maximum atomic E-state index is 11.9. The van der Waals surface area contributed by atoms with Gasteiger partial charge in [-0.2, -0.15) is 0 Å². The van der Waals surface area contributed by atoms with E-state index in [0.29, 0.717) is 24.8 Å². The average Bonchev–Trinajstić information content (AvgIpc) is 2.50. The highest BCUT2D eigenvalue weighted by atomic mass is 32.2. The number of hydrogen-bond acceptors (Lipinski definition) is 4. The molecule has 3 atom stereocenters. The summed E-state index contributed by atoms with van der Waals surface area (Å²) in [5, 5.41) is 3.11. The van der Waals surface area contributed by atoms with Crippen molar-refractivity contribution in [1.29, 1.82) is 0 Å². The summed E-state index contributed by atoms with van der Waals surface area (Å²) in [7, 11) is -2.89. The van der Waals surface area contributed by atoms with Crippen molar-refractivity contribution < 1.29 is 13.2 Å². The van der Waals surface area contributed by atoms with Crippen molar-refractivity contribution in [2.45, 2.75) is 56.5 Å². The Morgan fingerprint density at radius 2 is 2.19 bits per heavy atom. The Balaban J connectivity index is 2.03. The zero-order chi connectivity index (χ0) is 11.8. The van der Waals surface area contributed by atoms with Crippen molar-refractivity contribution >= 4 is 9.84 Å². The number of nitrogens with one attached hydrogen (secondary N) is 1. The first-order chi connectivity index (χ1) is 7.41. The fourth-order valence-electron chi connectivity index (χ4n) is 2.72. The first-order valence-corrected chi connectivity index (χ1v) is 7.76. The van der Waals surface area contributed by atoms with Gasteiger partial charge in [-0.25, -0.2) is 8.42 Å². The van der Waals surface area contributed by atoms with Crippen LogP contribution in [0.25, 0.3) is 0 Å². The van der Waals surface area contributed by atoms with Crippen LogP contribution in [0.2, 0.25) is 0 Å². The van der Waals surface area contributed by atoms with Crippen LogP contribution in [0.4, 0.5) is 0 Å². The molecule has 5 heteroatoms. The van der Waals surface area contributed by atoms with E-state index in [4.69, 9.17) is 4.74 Å². The quantitative estimate of drug-likeness (QED) is 0.793. The van der Waals surface area contributed by atoms with Gasteiger partial charge in [0.1, 0.15) is 5.72 Å². The van der Waals surface area contributed by atoms with Crippen LogP contribution in [0.3, 0.4) is 0 Å². The molecular formula is C11H21NO3S. The minimum atomic E-state index is -2.89. The molecule has 94 valence electrons. The molecule has 2 fully saturated rings. The zero-order valence-electron chi connectivity index (χ0n) is 10.0. The van der Waals surface area contributed by atoms with E-state index in [1.165, 1.54) is 0 Å². The van der Waals surface area contributed by atoms with Gasteiger partial charge in [0.15, 0.2) is 9.84 Å². The highest BCUT2D eigenvalue weighted by Gasteiger charge is 2.40. The highest BCUT2D eigenvalue weighted by Crippen LogP contribution is 2.29. The molecule has 0 saturated carbocycles. The monoisotopic (exact) mass is 247 g/mol. The lowest BCUT2D eigenvalue weighted by Gasteiger charge is -2.31. The Morgan fingerprint density at radius 3 is 2.75 bits per heavy atom. The van der Waals surface area contributed by atoms with E-state index in [2.05, 4.69) is 12.2 Å². The van der Waals surface area contributed by atoms with Crippen LogP contribution in [0.15, 0.2) is 0 Å². The van der Waals surface area contributed by atoms with Crippen molar-refractivity contribution in [2.24, 2.45) is 0 Å². The molecule has 0 bridgehead atoms. The Morgan fingerprint density at radius 1 is 1.44 bits per heavy atom. The Bertz CT molecular complexity index is 354. The third-order valence-corrected chi connectivity index (χ3v) is 5.81. The van der Waals surface area contributed by atoms with Gasteiger partial charge in [0.2, 0.25) is 0 Å². The molecule has 4 nitrogen and oxygen atoms in total. The van der Waals surface area contributed by atoms with Crippen molar-refractivity contribution in [3.63, 3.8) is 0 Å². The maximum absolute atomic E-state index is 11.9. The third-order valence-electron chi connectivity index (χ3n) is 3.53. The summed E-state index contributed by atoms with van der Waals surface area (Å²) in [6.45, 7) is 4.69. The van der Waals surface area contributed by atoms with E-state index >= 15 is 0 Å². The fourth-order valence-corrected chi connectivity index (χ4v) is 4.75. The van der Waals surface area contributed by atoms with Gasteiger partial charge in [-0.1, -0.05) is 6.42 Å². The summed E-state index contributed by atoms with van der Waals surface area (Å²) in [6, 6.07) is 0.316. The first kappa shape index (κ1) is 12.3. The summed E-state index contributed by atoms with van der Waals surface area (Å²) in [5.41, 5.74) is -0.450. The summed E-state index contributed by atoms with van der Waals surface area (Å²) >= 11 is 0. The van der Waals surface area contributed by atoms with Crippen LogP contribution < -0.4 is 5.32 Å². The molecule has 2 heterocycles. The molecule has 2 aliphatic rings. The lowest BCUT2D eigenvalue weighted by atomic mass is 10.0. The number of rotatable bonds is 2. The molecule has 3 unspecified atom stereocenters.